The zero-order valence-corrected chi connectivity index (χ0v) is 25.0. The number of carbonyl (C=O) groups is 3. The van der Waals surface area contributed by atoms with Crippen molar-refractivity contribution in [1.82, 2.24) is 25.0 Å². The molecule has 0 saturated carbocycles. The van der Waals surface area contributed by atoms with Gasteiger partial charge in [-0.05, 0) is 50.3 Å². The largest absolute Gasteiger partial charge is 0.481 e. The Bertz CT molecular complexity index is 1430. The first kappa shape index (κ1) is 29.2. The lowest BCUT2D eigenvalue weighted by atomic mass is 9.92. The molecular formula is C28H33FN6O4S2. The van der Waals surface area contributed by atoms with Crippen molar-refractivity contribution < 1.29 is 23.9 Å². The van der Waals surface area contributed by atoms with Gasteiger partial charge in [0.2, 0.25) is 5.12 Å². The number of carbonyl (C=O) groups excluding carboxylic acids is 2. The van der Waals surface area contributed by atoms with Crippen LogP contribution in [0.3, 0.4) is 0 Å². The summed E-state index contributed by atoms with van der Waals surface area (Å²) in [7, 11) is 0. The van der Waals surface area contributed by atoms with Crippen LogP contribution in [0.4, 0.5) is 9.18 Å². The van der Waals surface area contributed by atoms with Crippen molar-refractivity contribution in [2.45, 2.75) is 32.9 Å². The van der Waals surface area contributed by atoms with Crippen molar-refractivity contribution >= 4 is 46.0 Å². The van der Waals surface area contributed by atoms with Crippen molar-refractivity contribution in [3.63, 3.8) is 0 Å². The molecule has 0 aliphatic carbocycles. The topological polar surface area (TPSA) is 118 Å². The van der Waals surface area contributed by atoms with Gasteiger partial charge in [-0.15, -0.1) is 11.3 Å². The zero-order valence-electron chi connectivity index (χ0n) is 23.4. The molecule has 2 saturated heterocycles. The number of halogens is 1. The summed E-state index contributed by atoms with van der Waals surface area (Å²) in [5.74, 6) is -0.740. The molecule has 5 rings (SSSR count). The summed E-state index contributed by atoms with van der Waals surface area (Å²) in [5.41, 5.74) is 1.63. The summed E-state index contributed by atoms with van der Waals surface area (Å²) in [6.45, 7) is 7.73. The van der Waals surface area contributed by atoms with Crippen molar-refractivity contribution in [2.75, 3.05) is 45.5 Å². The molecule has 3 aliphatic rings. The summed E-state index contributed by atoms with van der Waals surface area (Å²) in [4.78, 5) is 53.1. The molecule has 2 amide bonds. The van der Waals surface area contributed by atoms with Gasteiger partial charge in [-0.1, -0.05) is 17.8 Å². The number of amides is 2. The fourth-order valence-electron chi connectivity index (χ4n) is 5.58. The van der Waals surface area contributed by atoms with Crippen LogP contribution in [0.1, 0.15) is 36.0 Å². The molecule has 1 aromatic carbocycles. The Hall–Kier alpha value is -3.29. The van der Waals surface area contributed by atoms with E-state index in [1.807, 2.05) is 17.2 Å². The fraction of sp³-hybridized carbons (Fsp3) is 0.464. The van der Waals surface area contributed by atoms with E-state index in [1.165, 1.54) is 23.5 Å². The van der Waals surface area contributed by atoms with Crippen LogP contribution < -0.4 is 5.32 Å². The number of thioether (sulfide) groups is 1. The Morgan fingerprint density at radius 1 is 1.27 bits per heavy atom. The summed E-state index contributed by atoms with van der Waals surface area (Å²) in [6, 6.07) is 3.66. The number of amidine groups is 1. The number of urea groups is 1. The molecule has 2 fully saturated rings. The summed E-state index contributed by atoms with van der Waals surface area (Å²) in [5, 5.41) is 15.4. The average Bonchev–Trinajstić information content (AvgIpc) is 3.56. The molecule has 4 heterocycles. The van der Waals surface area contributed by atoms with Gasteiger partial charge in [-0.3, -0.25) is 19.5 Å². The number of piperazine rings is 1. The number of fused-ring (bicyclic) bond motifs is 1. The van der Waals surface area contributed by atoms with Gasteiger partial charge >= 0.3 is 12.0 Å². The summed E-state index contributed by atoms with van der Waals surface area (Å²) < 4.78 is 14.0. The molecule has 2 aromatic rings. The smallest absolute Gasteiger partial charge is 0.320 e. The van der Waals surface area contributed by atoms with Crippen LogP contribution in [-0.2, 0) is 9.59 Å². The van der Waals surface area contributed by atoms with Crippen molar-refractivity contribution in [1.29, 1.82) is 0 Å². The average molecular weight is 601 g/mol. The Labute approximate surface area is 246 Å². The number of nitrogens with one attached hydrogen (secondary N) is 1. The van der Waals surface area contributed by atoms with Crippen LogP contribution in [-0.4, -0.2) is 99.3 Å². The predicted octanol–water partition coefficient (Wildman–Crippen LogP) is 3.36. The van der Waals surface area contributed by atoms with Gasteiger partial charge in [0.05, 0.1) is 17.0 Å². The van der Waals surface area contributed by atoms with Crippen molar-refractivity contribution in [3.8, 4) is 0 Å². The quantitative estimate of drug-likeness (QED) is 0.474. The maximum atomic E-state index is 14.0. The highest BCUT2D eigenvalue weighted by molar-refractivity contribution is 8.13. The number of aromatic nitrogens is 1. The number of thiazole rings is 1. The fourth-order valence-corrected chi connectivity index (χ4v) is 6.62. The zero-order chi connectivity index (χ0) is 29.5. The Morgan fingerprint density at radius 3 is 2.71 bits per heavy atom. The van der Waals surface area contributed by atoms with Gasteiger partial charge < -0.3 is 20.2 Å². The third kappa shape index (κ3) is 5.88. The molecular weight excluding hydrogens is 567 g/mol. The second-order valence-corrected chi connectivity index (χ2v) is 12.8. The molecule has 2 N–H and O–H groups in total. The molecule has 3 aliphatic heterocycles. The summed E-state index contributed by atoms with van der Waals surface area (Å²) >= 11 is 2.54. The van der Waals surface area contributed by atoms with Crippen LogP contribution in [0.15, 0.2) is 46.0 Å². The molecule has 2 atom stereocenters. The van der Waals surface area contributed by atoms with Crippen molar-refractivity contribution in [3.05, 3.63) is 63.0 Å². The lowest BCUT2D eigenvalue weighted by Gasteiger charge is -2.38. The van der Waals surface area contributed by atoms with E-state index in [9.17, 15) is 23.9 Å². The minimum atomic E-state index is -1.05. The highest BCUT2D eigenvalue weighted by atomic mass is 32.2. The maximum absolute atomic E-state index is 14.0. The molecule has 1 aromatic heterocycles. The van der Waals surface area contributed by atoms with E-state index in [4.69, 9.17) is 4.99 Å². The predicted molar refractivity (Wildman–Crippen MR) is 157 cm³/mol. The van der Waals surface area contributed by atoms with E-state index >= 15 is 0 Å². The number of aliphatic imine (C=N–C) groups is 1. The van der Waals surface area contributed by atoms with Gasteiger partial charge in [-0.2, -0.15) is 0 Å². The third-order valence-corrected chi connectivity index (χ3v) is 9.12. The molecule has 0 bridgehead atoms. The van der Waals surface area contributed by atoms with E-state index in [0.717, 1.165) is 17.3 Å². The standard InChI is InChI=1S/C28H33FN6O4S2/c1-16-11-17(29)5-6-19(16)22-21(25(36)40-4)20(31-23(32-22)24-30-7-10-41-24)14-33-8-9-35-18(12-33)13-34(27(35)39)15-28(2,3)26(37)38/h5-7,10-11,18,22H,8-9,12-15H2,1-4H3,(H,31,32)(H,37,38)/t18-,22-/m0/s1. The van der Waals surface area contributed by atoms with Crippen LogP contribution in [0.5, 0.6) is 0 Å². The van der Waals surface area contributed by atoms with Gasteiger partial charge in [0.1, 0.15) is 11.9 Å². The van der Waals surface area contributed by atoms with Crippen LogP contribution in [0.2, 0.25) is 0 Å². The Balaban J connectivity index is 1.44. The number of carboxylic acids is 1. The number of hydrogen-bond donors (Lipinski definition) is 2. The van der Waals surface area contributed by atoms with E-state index < -0.39 is 17.4 Å². The second kappa shape index (κ2) is 11.5. The first-order chi connectivity index (χ1) is 19.5. The van der Waals surface area contributed by atoms with Gasteiger partial charge in [-0.25, -0.2) is 14.2 Å². The molecule has 218 valence electrons. The maximum Gasteiger partial charge on any atom is 0.320 e. The molecule has 41 heavy (non-hydrogen) atoms. The SMILES string of the molecule is CSC(=O)C1=C(CN2CCN3C(=O)N(CC(C)(C)C(=O)O)C[C@@H]3C2)NC(c2nccs2)=N[C@H]1c1ccc(F)cc1C. The number of benzene rings is 1. The molecule has 0 unspecified atom stereocenters. The lowest BCUT2D eigenvalue weighted by molar-refractivity contribution is -0.147. The van der Waals surface area contributed by atoms with Gasteiger partial charge in [0.25, 0.3) is 0 Å². The van der Waals surface area contributed by atoms with Crippen LogP contribution in [0, 0.1) is 18.2 Å². The molecule has 13 heteroatoms. The number of carboxylic acid groups (broad SMARTS) is 1. The summed E-state index contributed by atoms with van der Waals surface area (Å²) in [6.07, 6.45) is 3.43. The lowest BCUT2D eigenvalue weighted by Crippen LogP contribution is -2.53. The molecule has 10 nitrogen and oxygen atoms in total. The normalized spacial score (nSPS) is 21.6. The number of hydrogen-bond acceptors (Lipinski definition) is 9. The monoisotopic (exact) mass is 600 g/mol. The number of aliphatic carboxylic acids is 1. The first-order valence-corrected chi connectivity index (χ1v) is 15.4. The van der Waals surface area contributed by atoms with Gasteiger partial charge in [0, 0.05) is 56.5 Å². The minimum Gasteiger partial charge on any atom is -0.481 e. The number of rotatable bonds is 8. The minimum absolute atomic E-state index is 0.0908. The van der Waals surface area contributed by atoms with Crippen molar-refractivity contribution in [2.24, 2.45) is 10.4 Å². The van der Waals surface area contributed by atoms with E-state index in [2.05, 4.69) is 15.2 Å². The third-order valence-electron chi connectivity index (χ3n) is 7.75. The van der Waals surface area contributed by atoms with E-state index in [0.29, 0.717) is 60.4 Å². The van der Waals surface area contributed by atoms with E-state index in [-0.39, 0.29) is 29.6 Å². The highest BCUT2D eigenvalue weighted by Crippen LogP contribution is 2.37. The molecule has 0 radical (unpaired) electrons. The number of nitrogens with zero attached hydrogens (tertiary/aromatic N) is 5. The van der Waals surface area contributed by atoms with Crippen LogP contribution >= 0.6 is 23.1 Å². The molecule has 0 spiro atoms. The van der Waals surface area contributed by atoms with Crippen LogP contribution in [0.25, 0.3) is 0 Å². The first-order valence-electron chi connectivity index (χ1n) is 13.3. The Morgan fingerprint density at radius 2 is 2.05 bits per heavy atom. The highest BCUT2D eigenvalue weighted by Gasteiger charge is 2.44. The van der Waals surface area contributed by atoms with Gasteiger partial charge in [0.15, 0.2) is 10.8 Å². The van der Waals surface area contributed by atoms with E-state index in [1.54, 1.807) is 37.3 Å². The Kier molecular flexibility index (Phi) is 8.22. The second-order valence-electron chi connectivity index (χ2n) is 11.2. The number of aryl methyl sites for hydroxylation is 1.